The van der Waals surface area contributed by atoms with Crippen molar-refractivity contribution in [2.45, 2.75) is 25.7 Å². The third-order valence-corrected chi connectivity index (χ3v) is 6.72. The van der Waals surface area contributed by atoms with Crippen LogP contribution < -0.4 is 9.64 Å². The predicted octanol–water partition coefficient (Wildman–Crippen LogP) is 5.19. The van der Waals surface area contributed by atoms with E-state index in [1.54, 1.807) is 17.5 Å². The summed E-state index contributed by atoms with van der Waals surface area (Å²) in [5.74, 6) is -1.92. The molecule has 1 N–H and O–H groups in total. The maximum absolute atomic E-state index is 13.1. The average Bonchev–Trinajstić information content (AvgIpc) is 3.19. The van der Waals surface area contributed by atoms with Gasteiger partial charge in [-0.1, -0.05) is 55.8 Å². The van der Waals surface area contributed by atoms with Crippen molar-refractivity contribution < 1.29 is 24.2 Å². The van der Waals surface area contributed by atoms with Crippen LogP contribution in [-0.2, 0) is 16.6 Å². The molecule has 0 fully saturated rings. The van der Waals surface area contributed by atoms with Crippen molar-refractivity contribution in [2.24, 2.45) is 0 Å². The number of rotatable bonds is 6. The summed E-state index contributed by atoms with van der Waals surface area (Å²) in [6.07, 6.45) is -0.0761. The second-order valence-corrected chi connectivity index (χ2v) is 9.42. The SMILES string of the molecule is CC(C)(COc1ccc(Cl)c(N2C(=O)Cc3csc(C(=O)O)c3C2=O)c1)c1ccccc1. The molecule has 32 heavy (non-hydrogen) atoms. The van der Waals surface area contributed by atoms with E-state index in [-0.39, 0.29) is 33.0 Å². The second kappa shape index (κ2) is 8.41. The molecule has 164 valence electrons. The van der Waals surface area contributed by atoms with Gasteiger partial charge in [-0.05, 0) is 28.6 Å². The number of hydrogen-bond donors (Lipinski definition) is 1. The molecule has 0 unspecified atom stereocenters. The first-order valence-corrected chi connectivity index (χ1v) is 11.1. The third-order valence-electron chi connectivity index (χ3n) is 5.38. The molecular weight excluding hydrogens is 450 g/mol. The highest BCUT2D eigenvalue weighted by molar-refractivity contribution is 7.12. The summed E-state index contributed by atoms with van der Waals surface area (Å²) in [4.78, 5) is 38.3. The molecule has 1 aromatic heterocycles. The smallest absolute Gasteiger partial charge is 0.346 e. The van der Waals surface area contributed by atoms with E-state index in [4.69, 9.17) is 16.3 Å². The fraction of sp³-hybridized carbons (Fsp3) is 0.208. The van der Waals surface area contributed by atoms with Crippen molar-refractivity contribution in [1.29, 1.82) is 0 Å². The molecule has 2 aromatic carbocycles. The number of carbonyl (C=O) groups is 3. The van der Waals surface area contributed by atoms with Gasteiger partial charge >= 0.3 is 5.97 Å². The average molecular weight is 470 g/mol. The van der Waals surface area contributed by atoms with Gasteiger partial charge in [-0.15, -0.1) is 11.3 Å². The van der Waals surface area contributed by atoms with Crippen LogP contribution in [0.25, 0.3) is 0 Å². The van der Waals surface area contributed by atoms with Crippen molar-refractivity contribution in [1.82, 2.24) is 0 Å². The number of nitrogens with zero attached hydrogens (tertiary/aromatic N) is 1. The van der Waals surface area contributed by atoms with Gasteiger partial charge in [0.15, 0.2) is 0 Å². The van der Waals surface area contributed by atoms with Gasteiger partial charge in [0.1, 0.15) is 10.6 Å². The lowest BCUT2D eigenvalue weighted by Gasteiger charge is -2.28. The van der Waals surface area contributed by atoms with Crippen LogP contribution in [0.1, 0.15) is 45.0 Å². The van der Waals surface area contributed by atoms with Gasteiger partial charge in [-0.25, -0.2) is 9.69 Å². The molecule has 0 saturated carbocycles. The Hall–Kier alpha value is -3.16. The van der Waals surface area contributed by atoms with Crippen molar-refractivity contribution in [3.8, 4) is 5.75 Å². The van der Waals surface area contributed by atoms with E-state index in [1.807, 2.05) is 30.3 Å². The number of carboxylic acid groups (broad SMARTS) is 1. The van der Waals surface area contributed by atoms with E-state index < -0.39 is 17.8 Å². The number of anilines is 1. The molecule has 0 atom stereocenters. The minimum Gasteiger partial charge on any atom is -0.493 e. The standard InChI is InChI=1S/C24H20ClNO5S/c1-24(2,15-6-4-3-5-7-15)13-31-16-8-9-17(25)18(11-16)26-19(27)10-14-12-32-21(23(29)30)20(14)22(26)28/h3-9,11-12H,10,13H2,1-2H3,(H,29,30). The summed E-state index contributed by atoms with van der Waals surface area (Å²) in [6, 6.07) is 14.7. The van der Waals surface area contributed by atoms with Crippen LogP contribution in [-0.4, -0.2) is 29.5 Å². The molecule has 1 aliphatic heterocycles. The topological polar surface area (TPSA) is 83.9 Å². The number of ether oxygens (including phenoxy) is 1. The number of fused-ring (bicyclic) bond motifs is 1. The summed E-state index contributed by atoms with van der Waals surface area (Å²) in [7, 11) is 0. The minimum absolute atomic E-state index is 0.0368. The van der Waals surface area contributed by atoms with E-state index in [2.05, 4.69) is 13.8 Å². The van der Waals surface area contributed by atoms with Crippen LogP contribution in [0.15, 0.2) is 53.9 Å². The normalized spacial score (nSPS) is 13.8. The fourth-order valence-electron chi connectivity index (χ4n) is 3.62. The number of carbonyl (C=O) groups excluding carboxylic acids is 2. The Kier molecular flexibility index (Phi) is 5.79. The largest absolute Gasteiger partial charge is 0.493 e. The van der Waals surface area contributed by atoms with Crippen LogP contribution in [0.3, 0.4) is 0 Å². The third kappa shape index (κ3) is 4.01. The quantitative estimate of drug-likeness (QED) is 0.502. The maximum Gasteiger partial charge on any atom is 0.346 e. The lowest BCUT2D eigenvalue weighted by Crippen LogP contribution is -2.42. The van der Waals surface area contributed by atoms with E-state index in [9.17, 15) is 19.5 Å². The number of aromatic carboxylic acids is 1. The summed E-state index contributed by atoms with van der Waals surface area (Å²) >= 11 is 7.27. The number of carboxylic acids is 1. The molecule has 0 saturated heterocycles. The van der Waals surface area contributed by atoms with Crippen LogP contribution in [0, 0.1) is 0 Å². The maximum atomic E-state index is 13.1. The van der Waals surface area contributed by atoms with Gasteiger partial charge < -0.3 is 9.84 Å². The Morgan fingerprint density at radius 3 is 2.59 bits per heavy atom. The zero-order valence-corrected chi connectivity index (χ0v) is 19.0. The molecular formula is C24H20ClNO5S. The zero-order valence-electron chi connectivity index (χ0n) is 17.4. The highest BCUT2D eigenvalue weighted by atomic mass is 35.5. The molecule has 0 aliphatic carbocycles. The van der Waals surface area contributed by atoms with E-state index in [0.717, 1.165) is 21.8 Å². The highest BCUT2D eigenvalue weighted by Crippen LogP contribution is 2.37. The molecule has 4 rings (SSSR count). The number of halogens is 1. The number of hydrogen-bond acceptors (Lipinski definition) is 5. The first-order chi connectivity index (χ1) is 15.2. The van der Waals surface area contributed by atoms with Crippen molar-refractivity contribution >= 4 is 46.4 Å². The van der Waals surface area contributed by atoms with Crippen LogP contribution >= 0.6 is 22.9 Å². The van der Waals surface area contributed by atoms with Gasteiger partial charge in [0, 0.05) is 11.5 Å². The lowest BCUT2D eigenvalue weighted by molar-refractivity contribution is -0.117. The van der Waals surface area contributed by atoms with Gasteiger partial charge in [0.2, 0.25) is 5.91 Å². The zero-order chi connectivity index (χ0) is 23.0. The van der Waals surface area contributed by atoms with E-state index in [1.165, 1.54) is 6.07 Å². The van der Waals surface area contributed by atoms with Gasteiger partial charge in [-0.2, -0.15) is 0 Å². The fourth-order valence-corrected chi connectivity index (χ4v) is 4.72. The molecule has 2 amide bonds. The van der Waals surface area contributed by atoms with Crippen LogP contribution in [0.4, 0.5) is 5.69 Å². The van der Waals surface area contributed by atoms with Gasteiger partial charge in [0.05, 0.1) is 29.3 Å². The Bertz CT molecular complexity index is 1220. The lowest BCUT2D eigenvalue weighted by atomic mass is 9.86. The minimum atomic E-state index is -1.20. The predicted molar refractivity (Wildman–Crippen MR) is 123 cm³/mol. The van der Waals surface area contributed by atoms with E-state index >= 15 is 0 Å². The molecule has 0 bridgehead atoms. The van der Waals surface area contributed by atoms with Crippen molar-refractivity contribution in [2.75, 3.05) is 11.5 Å². The van der Waals surface area contributed by atoms with Gasteiger partial charge in [0.25, 0.3) is 5.91 Å². The number of imide groups is 1. The number of thiophene rings is 1. The number of benzene rings is 2. The summed E-state index contributed by atoms with van der Waals surface area (Å²) in [6.45, 7) is 4.47. The molecule has 3 aromatic rings. The van der Waals surface area contributed by atoms with Crippen LogP contribution in [0.2, 0.25) is 5.02 Å². The Morgan fingerprint density at radius 1 is 1.19 bits per heavy atom. The molecule has 0 spiro atoms. The molecule has 0 radical (unpaired) electrons. The van der Waals surface area contributed by atoms with Crippen molar-refractivity contribution in [3.63, 3.8) is 0 Å². The Labute approximate surface area is 194 Å². The highest BCUT2D eigenvalue weighted by Gasteiger charge is 2.37. The monoisotopic (exact) mass is 469 g/mol. The first kappa shape index (κ1) is 22.0. The first-order valence-electron chi connectivity index (χ1n) is 9.88. The van der Waals surface area contributed by atoms with Gasteiger partial charge in [-0.3, -0.25) is 9.59 Å². The Balaban J connectivity index is 1.63. The molecule has 1 aliphatic rings. The molecule has 8 heteroatoms. The van der Waals surface area contributed by atoms with Crippen LogP contribution in [0.5, 0.6) is 5.75 Å². The number of amides is 2. The summed E-state index contributed by atoms with van der Waals surface area (Å²) in [5, 5.41) is 11.1. The second-order valence-electron chi connectivity index (χ2n) is 8.13. The van der Waals surface area contributed by atoms with E-state index in [0.29, 0.717) is 17.9 Å². The molecule has 6 nitrogen and oxygen atoms in total. The summed E-state index contributed by atoms with van der Waals surface area (Å²) < 4.78 is 6.00. The summed E-state index contributed by atoms with van der Waals surface area (Å²) in [5.41, 5.74) is 1.47. The van der Waals surface area contributed by atoms with Crippen molar-refractivity contribution in [3.05, 3.63) is 80.5 Å². The Morgan fingerprint density at radius 2 is 1.91 bits per heavy atom. The molecule has 2 heterocycles.